The number of rotatable bonds is 5. The Morgan fingerprint density at radius 2 is 2.16 bits per heavy atom. The van der Waals surface area contributed by atoms with Crippen LogP contribution >= 0.6 is 0 Å². The number of nitrogens with zero attached hydrogens (tertiary/aromatic N) is 1. The molecule has 134 valence electrons. The first-order chi connectivity index (χ1) is 12.2. The molecule has 1 saturated carbocycles. The van der Waals surface area contributed by atoms with E-state index < -0.39 is 0 Å². The highest BCUT2D eigenvalue weighted by atomic mass is 16.5. The predicted molar refractivity (Wildman–Crippen MR) is 97.6 cm³/mol. The molecule has 1 saturated heterocycles. The van der Waals surface area contributed by atoms with Gasteiger partial charge in [0.15, 0.2) is 0 Å². The lowest BCUT2D eigenvalue weighted by Crippen LogP contribution is -2.59. The zero-order valence-corrected chi connectivity index (χ0v) is 15.0. The molecule has 0 radical (unpaired) electrons. The number of piperazine rings is 1. The Hall–Kier alpha value is -1.85. The molecule has 0 aromatic heterocycles. The van der Waals surface area contributed by atoms with E-state index in [1.165, 1.54) is 5.56 Å². The van der Waals surface area contributed by atoms with E-state index in [0.29, 0.717) is 18.6 Å². The van der Waals surface area contributed by atoms with Crippen molar-refractivity contribution in [2.24, 2.45) is 0 Å². The number of fused-ring (bicyclic) bond motifs is 2. The minimum atomic E-state index is 0.146. The molecule has 2 unspecified atom stereocenters. The average Bonchev–Trinajstić information content (AvgIpc) is 3.46. The largest absolute Gasteiger partial charge is 0.496 e. The lowest BCUT2D eigenvalue weighted by Gasteiger charge is -2.38. The fraction of sp³-hybridized carbons (Fsp3) is 0.550. The number of nitrogens with one attached hydrogen (secondary N) is 2. The third kappa shape index (κ3) is 3.31. The third-order valence-electron chi connectivity index (χ3n) is 5.63. The van der Waals surface area contributed by atoms with Crippen molar-refractivity contribution in [3.63, 3.8) is 0 Å². The van der Waals surface area contributed by atoms with Crippen molar-refractivity contribution >= 4 is 5.91 Å². The second-order valence-electron chi connectivity index (χ2n) is 7.38. The summed E-state index contributed by atoms with van der Waals surface area (Å²) in [5.41, 5.74) is 3.23. The van der Waals surface area contributed by atoms with E-state index in [4.69, 9.17) is 4.74 Å². The van der Waals surface area contributed by atoms with Crippen LogP contribution in [-0.4, -0.2) is 49.1 Å². The van der Waals surface area contributed by atoms with Gasteiger partial charge in [-0.1, -0.05) is 18.2 Å². The molecule has 4 rings (SSSR count). The van der Waals surface area contributed by atoms with Crippen LogP contribution in [0.4, 0.5) is 0 Å². The quantitative estimate of drug-likeness (QED) is 0.857. The summed E-state index contributed by atoms with van der Waals surface area (Å²) in [5, 5.41) is 7.03. The maximum absolute atomic E-state index is 13.3. The summed E-state index contributed by atoms with van der Waals surface area (Å²) in [6.07, 6.45) is 5.33. The van der Waals surface area contributed by atoms with E-state index in [1.54, 1.807) is 7.11 Å². The predicted octanol–water partition coefficient (Wildman–Crippen LogP) is 1.75. The van der Waals surface area contributed by atoms with Crippen molar-refractivity contribution < 1.29 is 9.53 Å². The van der Waals surface area contributed by atoms with Crippen LogP contribution in [0.15, 0.2) is 29.8 Å². The van der Waals surface area contributed by atoms with Gasteiger partial charge in [-0.25, -0.2) is 0 Å². The first-order valence-electron chi connectivity index (χ1n) is 9.27. The van der Waals surface area contributed by atoms with Gasteiger partial charge in [0, 0.05) is 37.3 Å². The summed E-state index contributed by atoms with van der Waals surface area (Å²) >= 11 is 0. The molecular formula is C20H27N3O2. The highest BCUT2D eigenvalue weighted by molar-refractivity contribution is 5.95. The van der Waals surface area contributed by atoms with Gasteiger partial charge < -0.3 is 20.3 Å². The molecule has 1 aliphatic carbocycles. The van der Waals surface area contributed by atoms with Crippen LogP contribution < -0.4 is 15.4 Å². The third-order valence-corrected chi connectivity index (χ3v) is 5.63. The van der Waals surface area contributed by atoms with Gasteiger partial charge in [-0.15, -0.1) is 0 Å². The Bertz CT molecular complexity index is 696. The summed E-state index contributed by atoms with van der Waals surface area (Å²) < 4.78 is 5.44. The number of hydrogen-bond acceptors (Lipinski definition) is 4. The molecular weight excluding hydrogens is 314 g/mol. The molecule has 1 amide bonds. The molecule has 25 heavy (non-hydrogen) atoms. The fourth-order valence-corrected chi connectivity index (χ4v) is 3.96. The molecule has 2 atom stereocenters. The molecule has 3 aliphatic rings. The number of amides is 1. The van der Waals surface area contributed by atoms with Gasteiger partial charge in [0.2, 0.25) is 0 Å². The monoisotopic (exact) mass is 341 g/mol. The van der Waals surface area contributed by atoms with E-state index in [0.717, 1.165) is 49.2 Å². The standard InChI is InChI=1S/C20H27N3O2/c1-13-14(4-3-5-19(13)25-2)12-23(16-7-8-16)20(24)17-9-6-15-10-21-11-18(17)22-15/h3-5,9,15-16,18,21-22H,6-8,10-12H2,1-2H3. The van der Waals surface area contributed by atoms with Crippen molar-refractivity contribution in [1.82, 2.24) is 15.5 Å². The maximum Gasteiger partial charge on any atom is 0.251 e. The van der Waals surface area contributed by atoms with Crippen LogP contribution in [0.3, 0.4) is 0 Å². The number of ether oxygens (including phenoxy) is 1. The lowest BCUT2D eigenvalue weighted by atomic mass is 9.93. The van der Waals surface area contributed by atoms with E-state index >= 15 is 0 Å². The van der Waals surface area contributed by atoms with Gasteiger partial charge in [0.05, 0.1) is 13.2 Å². The fourth-order valence-electron chi connectivity index (χ4n) is 3.96. The van der Waals surface area contributed by atoms with Crippen LogP contribution in [0.5, 0.6) is 5.75 Å². The topological polar surface area (TPSA) is 53.6 Å². The Morgan fingerprint density at radius 1 is 1.32 bits per heavy atom. The first kappa shape index (κ1) is 16.6. The van der Waals surface area contributed by atoms with Gasteiger partial charge in [0.25, 0.3) is 5.91 Å². The Kier molecular flexibility index (Phi) is 4.52. The van der Waals surface area contributed by atoms with Gasteiger partial charge in [-0.3, -0.25) is 4.79 Å². The molecule has 2 fully saturated rings. The number of carbonyl (C=O) groups excluding carboxylic acids is 1. The summed E-state index contributed by atoms with van der Waals surface area (Å²) in [5.74, 6) is 1.09. The molecule has 1 aromatic rings. The molecule has 5 heteroatoms. The van der Waals surface area contributed by atoms with E-state index in [-0.39, 0.29) is 11.9 Å². The SMILES string of the molecule is COc1cccc(CN(C(=O)C2=CCC3CNCC2N3)C2CC2)c1C. The summed E-state index contributed by atoms with van der Waals surface area (Å²) in [4.78, 5) is 15.4. The van der Waals surface area contributed by atoms with Crippen LogP contribution in [-0.2, 0) is 11.3 Å². The summed E-state index contributed by atoms with van der Waals surface area (Å²) in [7, 11) is 1.70. The smallest absolute Gasteiger partial charge is 0.251 e. The Morgan fingerprint density at radius 3 is 2.92 bits per heavy atom. The van der Waals surface area contributed by atoms with Gasteiger partial charge in [-0.05, 0) is 43.4 Å². The van der Waals surface area contributed by atoms with Crippen LogP contribution in [0.25, 0.3) is 0 Å². The van der Waals surface area contributed by atoms with Crippen LogP contribution in [0.2, 0.25) is 0 Å². The normalized spacial score (nSPS) is 25.3. The maximum atomic E-state index is 13.3. The van der Waals surface area contributed by atoms with Crippen molar-refractivity contribution in [2.75, 3.05) is 20.2 Å². The Balaban J connectivity index is 1.57. The van der Waals surface area contributed by atoms with Crippen LogP contribution in [0.1, 0.15) is 30.4 Å². The minimum absolute atomic E-state index is 0.146. The van der Waals surface area contributed by atoms with Crippen molar-refractivity contribution in [2.45, 2.75) is 50.9 Å². The summed E-state index contributed by atoms with van der Waals surface area (Å²) in [6.45, 7) is 4.56. The zero-order chi connectivity index (χ0) is 17.4. The van der Waals surface area contributed by atoms with Crippen molar-refractivity contribution in [1.29, 1.82) is 0 Å². The van der Waals surface area contributed by atoms with E-state index in [9.17, 15) is 4.79 Å². The highest BCUT2D eigenvalue weighted by Gasteiger charge is 2.38. The van der Waals surface area contributed by atoms with Crippen molar-refractivity contribution in [3.8, 4) is 5.75 Å². The molecule has 2 heterocycles. The molecule has 2 aliphatic heterocycles. The summed E-state index contributed by atoms with van der Waals surface area (Å²) in [6, 6.07) is 7.08. The number of hydrogen-bond donors (Lipinski definition) is 2. The molecule has 0 spiro atoms. The second kappa shape index (κ2) is 6.81. The van der Waals surface area contributed by atoms with Gasteiger partial charge >= 0.3 is 0 Å². The van der Waals surface area contributed by atoms with E-state index in [2.05, 4.69) is 34.6 Å². The van der Waals surface area contributed by atoms with E-state index in [1.807, 2.05) is 12.1 Å². The zero-order valence-electron chi connectivity index (χ0n) is 15.0. The first-order valence-corrected chi connectivity index (χ1v) is 9.27. The van der Waals surface area contributed by atoms with Gasteiger partial charge in [-0.2, -0.15) is 0 Å². The highest BCUT2D eigenvalue weighted by Crippen LogP contribution is 2.32. The Labute approximate surface area is 149 Å². The van der Waals surface area contributed by atoms with Gasteiger partial charge in [0.1, 0.15) is 5.75 Å². The molecule has 5 nitrogen and oxygen atoms in total. The number of methoxy groups -OCH3 is 1. The number of carbonyl (C=O) groups is 1. The number of benzene rings is 1. The van der Waals surface area contributed by atoms with Crippen LogP contribution in [0, 0.1) is 6.92 Å². The second-order valence-corrected chi connectivity index (χ2v) is 7.38. The van der Waals surface area contributed by atoms with Crippen molar-refractivity contribution in [3.05, 3.63) is 41.0 Å². The lowest BCUT2D eigenvalue weighted by molar-refractivity contribution is -0.128. The molecule has 1 aromatic carbocycles. The minimum Gasteiger partial charge on any atom is -0.496 e. The molecule has 2 bridgehead atoms. The molecule has 2 N–H and O–H groups in total. The average molecular weight is 341 g/mol.